The van der Waals surface area contributed by atoms with E-state index in [1.807, 2.05) is 75.3 Å². The molecule has 3 aliphatic rings. The van der Waals surface area contributed by atoms with Crippen LogP contribution in [0.1, 0.15) is 190 Å². The number of hydrogen-bond donors (Lipinski definition) is 0. The van der Waals surface area contributed by atoms with E-state index in [9.17, 15) is 14.4 Å². The van der Waals surface area contributed by atoms with E-state index in [4.69, 9.17) is 0 Å². The van der Waals surface area contributed by atoms with Crippen LogP contribution in [-0.2, 0) is 23.3 Å². The second kappa shape index (κ2) is 22.7. The summed E-state index contributed by atoms with van der Waals surface area (Å²) in [7, 11) is 1.76. The summed E-state index contributed by atoms with van der Waals surface area (Å²) in [5.41, 5.74) is 3.91. The van der Waals surface area contributed by atoms with Gasteiger partial charge in [-0.15, -0.1) is 0 Å². The quantitative estimate of drug-likeness (QED) is 0.266. The van der Waals surface area contributed by atoms with Gasteiger partial charge < -0.3 is 13.7 Å². The summed E-state index contributed by atoms with van der Waals surface area (Å²) < 4.78 is 5.32. The standard InChI is InChI=1S/C13H19NO.C12H17NO.C10H15NO.C4H8.3C2H6/c1-13(2,3)10-7-8-14(12(15)9-10)11-5-4-6-11;1-12(2,3)9-6-7-13(10-4-5-10)11(14)8-9;1-10(2,3)8-5-6-11(4)9(12)7-8;1-2-4-3-1;3*1-2/h7-9,11H,4-6H2,1-3H3;6-8,10H,4-5H2,1-3H3;5-7H,1-4H3;1-4H2;3*1-2H3. The Morgan fingerprint density at radius 2 is 0.745 bits per heavy atom. The fraction of sp³-hybridized carbons (Fsp3) is 0.667. The molecule has 0 unspecified atom stereocenters. The zero-order valence-corrected chi connectivity index (χ0v) is 35.8. The van der Waals surface area contributed by atoms with E-state index in [0.29, 0.717) is 12.1 Å². The van der Waals surface area contributed by atoms with Gasteiger partial charge in [-0.3, -0.25) is 14.4 Å². The van der Waals surface area contributed by atoms with Crippen LogP contribution < -0.4 is 16.7 Å². The Morgan fingerprint density at radius 1 is 0.451 bits per heavy atom. The van der Waals surface area contributed by atoms with E-state index >= 15 is 0 Å². The van der Waals surface area contributed by atoms with Crippen LogP contribution in [0.15, 0.2) is 69.4 Å². The molecule has 6 nitrogen and oxygen atoms in total. The van der Waals surface area contributed by atoms with Crippen LogP contribution in [0.2, 0.25) is 0 Å². The van der Waals surface area contributed by atoms with Crippen LogP contribution in [0.25, 0.3) is 0 Å². The average molecular weight is 708 g/mol. The van der Waals surface area contributed by atoms with Gasteiger partial charge in [0.25, 0.3) is 16.7 Å². The number of nitrogens with zero attached hydrogens (tertiary/aromatic N) is 3. The van der Waals surface area contributed by atoms with E-state index in [0.717, 1.165) is 42.4 Å². The average Bonchev–Trinajstić information content (AvgIpc) is 3.86. The van der Waals surface area contributed by atoms with E-state index in [1.165, 1.54) is 32.1 Å². The molecule has 0 bridgehead atoms. The third-order valence-corrected chi connectivity index (χ3v) is 9.01. The van der Waals surface area contributed by atoms with Crippen molar-refractivity contribution in [2.75, 3.05) is 0 Å². The lowest BCUT2D eigenvalue weighted by Crippen LogP contribution is -2.29. The smallest absolute Gasteiger partial charge is 0.251 e. The molecule has 51 heavy (non-hydrogen) atoms. The molecular formula is C45H77N3O3. The lowest BCUT2D eigenvalue weighted by atomic mass is 9.87. The molecule has 0 spiro atoms. The molecule has 3 aromatic rings. The van der Waals surface area contributed by atoms with Gasteiger partial charge in [-0.25, -0.2) is 0 Å². The largest absolute Gasteiger partial charge is 0.319 e. The van der Waals surface area contributed by atoms with Gasteiger partial charge in [-0.2, -0.15) is 0 Å². The van der Waals surface area contributed by atoms with Gasteiger partial charge in [0, 0.05) is 55.9 Å². The minimum atomic E-state index is 0.0578. The lowest BCUT2D eigenvalue weighted by molar-refractivity contribution is 0.306. The van der Waals surface area contributed by atoms with Gasteiger partial charge in [0.1, 0.15) is 0 Å². The second-order valence-electron chi connectivity index (χ2n) is 16.2. The third-order valence-electron chi connectivity index (χ3n) is 9.01. The molecular weight excluding hydrogens is 631 g/mol. The Hall–Kier alpha value is -3.15. The van der Waals surface area contributed by atoms with Crippen LogP contribution >= 0.6 is 0 Å². The zero-order valence-electron chi connectivity index (χ0n) is 35.8. The minimum absolute atomic E-state index is 0.0578. The summed E-state index contributed by atoms with van der Waals surface area (Å²) in [6.07, 6.45) is 17.6. The van der Waals surface area contributed by atoms with E-state index in [2.05, 4.69) is 74.4 Å². The van der Waals surface area contributed by atoms with Crippen LogP contribution in [-0.4, -0.2) is 13.7 Å². The van der Waals surface area contributed by atoms with Gasteiger partial charge >= 0.3 is 0 Å². The summed E-state index contributed by atoms with van der Waals surface area (Å²) in [6.45, 7) is 31.1. The van der Waals surface area contributed by atoms with E-state index in [1.54, 1.807) is 29.8 Å². The van der Waals surface area contributed by atoms with Gasteiger partial charge in [0.05, 0.1) is 0 Å². The molecule has 3 aromatic heterocycles. The highest BCUT2D eigenvalue weighted by molar-refractivity contribution is 5.22. The molecule has 3 heterocycles. The molecule has 3 fully saturated rings. The van der Waals surface area contributed by atoms with Crippen molar-refractivity contribution in [3.63, 3.8) is 0 Å². The molecule has 0 radical (unpaired) electrons. The number of aromatic nitrogens is 3. The van der Waals surface area contributed by atoms with Crippen LogP contribution in [0.5, 0.6) is 0 Å². The van der Waals surface area contributed by atoms with Crippen LogP contribution in [0, 0.1) is 0 Å². The first-order valence-corrected chi connectivity index (χ1v) is 20.0. The first-order chi connectivity index (χ1) is 23.9. The van der Waals surface area contributed by atoms with Crippen molar-refractivity contribution in [1.82, 2.24) is 13.7 Å². The molecule has 3 aliphatic carbocycles. The first kappa shape index (κ1) is 47.8. The summed E-state index contributed by atoms with van der Waals surface area (Å²) in [6, 6.07) is 12.3. The van der Waals surface area contributed by atoms with Crippen molar-refractivity contribution in [2.24, 2.45) is 7.05 Å². The molecule has 0 saturated heterocycles. The number of aryl methyl sites for hydroxylation is 1. The minimum Gasteiger partial charge on any atom is -0.319 e. The molecule has 0 aromatic carbocycles. The molecule has 290 valence electrons. The van der Waals surface area contributed by atoms with Crippen molar-refractivity contribution in [3.8, 4) is 0 Å². The van der Waals surface area contributed by atoms with Gasteiger partial charge in [-0.05, 0) is 83.2 Å². The highest BCUT2D eigenvalue weighted by Gasteiger charge is 2.25. The fourth-order valence-corrected chi connectivity index (χ4v) is 4.80. The Morgan fingerprint density at radius 3 is 0.961 bits per heavy atom. The zero-order chi connectivity index (χ0) is 39.6. The summed E-state index contributed by atoms with van der Waals surface area (Å²) >= 11 is 0. The van der Waals surface area contributed by atoms with E-state index in [-0.39, 0.29) is 32.9 Å². The molecule has 6 heteroatoms. The van der Waals surface area contributed by atoms with Crippen molar-refractivity contribution in [2.45, 2.75) is 190 Å². The fourth-order valence-electron chi connectivity index (χ4n) is 4.80. The van der Waals surface area contributed by atoms with Crippen molar-refractivity contribution >= 4 is 0 Å². The van der Waals surface area contributed by atoms with Crippen LogP contribution in [0.3, 0.4) is 0 Å². The monoisotopic (exact) mass is 708 g/mol. The van der Waals surface area contributed by atoms with Crippen LogP contribution in [0.4, 0.5) is 0 Å². The van der Waals surface area contributed by atoms with E-state index < -0.39 is 0 Å². The molecule has 3 saturated carbocycles. The normalized spacial score (nSPS) is 14.8. The number of rotatable bonds is 2. The predicted octanol–water partition coefficient (Wildman–Crippen LogP) is 11.7. The first-order valence-electron chi connectivity index (χ1n) is 20.0. The second-order valence-corrected chi connectivity index (χ2v) is 16.2. The SMILES string of the molecule is C1CCC1.CC.CC.CC.CC(C)(C)c1ccn(C2CC2)c(=O)c1.CC(C)(C)c1ccn(C2CCC2)c(=O)c1.Cn1ccc(C(C)(C)C)cc1=O. The molecule has 0 atom stereocenters. The third kappa shape index (κ3) is 16.8. The Balaban J connectivity index is 0.000000652. The Kier molecular flexibility index (Phi) is 21.3. The van der Waals surface area contributed by atoms with Crippen molar-refractivity contribution in [1.29, 1.82) is 0 Å². The maximum absolute atomic E-state index is 11.9. The molecule has 0 aliphatic heterocycles. The highest BCUT2D eigenvalue weighted by atomic mass is 16.1. The Bertz CT molecular complexity index is 1560. The summed E-state index contributed by atoms with van der Waals surface area (Å²) in [5, 5.41) is 0. The maximum atomic E-state index is 11.9. The lowest BCUT2D eigenvalue weighted by Gasteiger charge is -2.28. The van der Waals surface area contributed by atoms with Crippen molar-refractivity contribution in [3.05, 3.63) is 103 Å². The molecule has 0 N–H and O–H groups in total. The summed E-state index contributed by atoms with van der Waals surface area (Å²) in [5.74, 6) is 0. The number of hydrogen-bond acceptors (Lipinski definition) is 3. The number of pyridine rings is 3. The highest BCUT2D eigenvalue weighted by Crippen LogP contribution is 2.34. The molecule has 0 amide bonds. The molecule has 6 rings (SSSR count). The van der Waals surface area contributed by atoms with Gasteiger partial charge in [0.2, 0.25) is 0 Å². The Labute approximate surface area is 312 Å². The topological polar surface area (TPSA) is 66.0 Å². The van der Waals surface area contributed by atoms with Gasteiger partial charge in [-0.1, -0.05) is 130 Å². The van der Waals surface area contributed by atoms with Crippen molar-refractivity contribution < 1.29 is 0 Å². The maximum Gasteiger partial charge on any atom is 0.251 e. The summed E-state index contributed by atoms with van der Waals surface area (Å²) in [4.78, 5) is 34.9. The predicted molar refractivity (Wildman–Crippen MR) is 223 cm³/mol. The van der Waals surface area contributed by atoms with Gasteiger partial charge in [0.15, 0.2) is 0 Å².